The zero-order valence-corrected chi connectivity index (χ0v) is 13.1. The maximum atomic E-state index is 6.10. The quantitative estimate of drug-likeness (QED) is 0.530. The molecule has 0 radical (unpaired) electrons. The first kappa shape index (κ1) is 14.7. The van der Waals surface area contributed by atoms with Crippen LogP contribution in [0.2, 0.25) is 18.1 Å². The van der Waals surface area contributed by atoms with E-state index in [1.165, 1.54) is 12.8 Å². The SMILES string of the molecule is CCC[C@@H](Br)CO[Si](C)(C)C(C)(C)C. The van der Waals surface area contributed by atoms with Gasteiger partial charge in [-0.25, -0.2) is 0 Å². The van der Waals surface area contributed by atoms with Crippen molar-refractivity contribution in [2.75, 3.05) is 6.61 Å². The third-order valence-corrected chi connectivity index (χ3v) is 8.26. The van der Waals surface area contributed by atoms with Gasteiger partial charge in [0.15, 0.2) is 8.32 Å². The molecular formula is C11H25BrOSi. The molecule has 14 heavy (non-hydrogen) atoms. The number of halogens is 1. The Morgan fingerprint density at radius 2 is 1.79 bits per heavy atom. The number of rotatable bonds is 5. The molecule has 0 aliphatic carbocycles. The Bertz CT molecular complexity index is 163. The highest BCUT2D eigenvalue weighted by Gasteiger charge is 2.37. The second-order valence-corrected chi connectivity index (χ2v) is 11.6. The third-order valence-electron chi connectivity index (χ3n) is 3.03. The molecule has 0 aliphatic rings. The van der Waals surface area contributed by atoms with E-state index >= 15 is 0 Å². The van der Waals surface area contributed by atoms with Crippen molar-refractivity contribution < 1.29 is 4.43 Å². The summed E-state index contributed by atoms with van der Waals surface area (Å²) in [5.74, 6) is 0. The predicted molar refractivity (Wildman–Crippen MR) is 70.8 cm³/mol. The largest absolute Gasteiger partial charge is 0.416 e. The van der Waals surface area contributed by atoms with Crippen LogP contribution in [-0.2, 0) is 4.43 Å². The first-order chi connectivity index (χ1) is 6.20. The number of hydrogen-bond acceptors (Lipinski definition) is 1. The molecule has 0 rings (SSSR count). The van der Waals surface area contributed by atoms with Gasteiger partial charge in [0.1, 0.15) is 0 Å². The van der Waals surface area contributed by atoms with Crippen LogP contribution in [0.25, 0.3) is 0 Å². The molecule has 0 bridgehead atoms. The van der Waals surface area contributed by atoms with Crippen LogP contribution in [0.1, 0.15) is 40.5 Å². The first-order valence-corrected chi connectivity index (χ1v) is 9.31. The van der Waals surface area contributed by atoms with Crippen LogP contribution >= 0.6 is 15.9 Å². The molecule has 0 fully saturated rings. The van der Waals surface area contributed by atoms with Crippen LogP contribution in [0.4, 0.5) is 0 Å². The summed E-state index contributed by atoms with van der Waals surface area (Å²) in [5.41, 5.74) is 0. The van der Waals surface area contributed by atoms with Gasteiger partial charge in [-0.05, 0) is 24.6 Å². The summed E-state index contributed by atoms with van der Waals surface area (Å²) in [4.78, 5) is 0.529. The van der Waals surface area contributed by atoms with Crippen LogP contribution in [0.3, 0.4) is 0 Å². The van der Waals surface area contributed by atoms with E-state index in [0.29, 0.717) is 9.87 Å². The fraction of sp³-hybridized carbons (Fsp3) is 1.00. The van der Waals surface area contributed by atoms with Gasteiger partial charge in [-0.3, -0.25) is 0 Å². The van der Waals surface area contributed by atoms with Crippen molar-refractivity contribution in [1.29, 1.82) is 0 Å². The molecule has 0 heterocycles. The van der Waals surface area contributed by atoms with Gasteiger partial charge in [0.2, 0.25) is 0 Å². The van der Waals surface area contributed by atoms with Crippen LogP contribution < -0.4 is 0 Å². The predicted octanol–water partition coefficient (Wildman–Crippen LogP) is 4.57. The summed E-state index contributed by atoms with van der Waals surface area (Å²) < 4.78 is 6.10. The van der Waals surface area contributed by atoms with E-state index in [-0.39, 0.29) is 0 Å². The molecule has 3 heteroatoms. The molecule has 1 atom stereocenters. The Morgan fingerprint density at radius 1 is 1.29 bits per heavy atom. The molecule has 0 unspecified atom stereocenters. The minimum Gasteiger partial charge on any atom is -0.416 e. The second kappa shape index (κ2) is 5.66. The molecule has 0 saturated heterocycles. The van der Waals surface area contributed by atoms with Gasteiger partial charge in [-0.2, -0.15) is 0 Å². The Labute approximate surface area is 98.9 Å². The Hall–Kier alpha value is 0.657. The standard InChI is InChI=1S/C11H25BrOSi/c1-7-8-10(12)9-13-14(5,6)11(2,3)4/h10H,7-9H2,1-6H3/t10-/m1/s1. The summed E-state index contributed by atoms with van der Waals surface area (Å²) in [7, 11) is -1.53. The van der Waals surface area contributed by atoms with E-state index in [2.05, 4.69) is 56.7 Å². The van der Waals surface area contributed by atoms with Crippen molar-refractivity contribution in [2.45, 2.75) is 63.5 Å². The highest BCUT2D eigenvalue weighted by molar-refractivity contribution is 9.09. The highest BCUT2D eigenvalue weighted by atomic mass is 79.9. The van der Waals surface area contributed by atoms with Crippen molar-refractivity contribution >= 4 is 24.2 Å². The Morgan fingerprint density at radius 3 is 2.14 bits per heavy atom. The van der Waals surface area contributed by atoms with Gasteiger partial charge in [0, 0.05) is 11.4 Å². The monoisotopic (exact) mass is 280 g/mol. The van der Waals surface area contributed by atoms with Gasteiger partial charge in [-0.1, -0.05) is 50.0 Å². The van der Waals surface area contributed by atoms with Gasteiger partial charge in [0.25, 0.3) is 0 Å². The zero-order chi connectivity index (χ0) is 11.4. The minimum absolute atomic E-state index is 0.325. The first-order valence-electron chi connectivity index (χ1n) is 5.48. The average Bonchev–Trinajstić information content (AvgIpc) is 1.99. The molecule has 86 valence electrons. The normalized spacial score (nSPS) is 15.6. The lowest BCUT2D eigenvalue weighted by Crippen LogP contribution is -2.42. The lowest BCUT2D eigenvalue weighted by molar-refractivity contribution is 0.285. The smallest absolute Gasteiger partial charge is 0.192 e. The lowest BCUT2D eigenvalue weighted by atomic mass is 10.2. The van der Waals surface area contributed by atoms with Crippen LogP contribution in [0.15, 0.2) is 0 Å². The summed E-state index contributed by atoms with van der Waals surface area (Å²) in [6.45, 7) is 14.5. The van der Waals surface area contributed by atoms with Crippen molar-refractivity contribution in [3.63, 3.8) is 0 Å². The topological polar surface area (TPSA) is 9.23 Å². The summed E-state index contributed by atoms with van der Waals surface area (Å²) >= 11 is 3.65. The average molecular weight is 281 g/mol. The molecule has 1 nitrogen and oxygen atoms in total. The van der Waals surface area contributed by atoms with Gasteiger partial charge in [-0.15, -0.1) is 0 Å². The molecular weight excluding hydrogens is 256 g/mol. The lowest BCUT2D eigenvalue weighted by Gasteiger charge is -2.36. The van der Waals surface area contributed by atoms with E-state index in [9.17, 15) is 0 Å². The Balaban J connectivity index is 3.99. The fourth-order valence-corrected chi connectivity index (χ4v) is 2.80. The molecule has 0 N–H and O–H groups in total. The van der Waals surface area contributed by atoms with Crippen molar-refractivity contribution in [2.24, 2.45) is 0 Å². The van der Waals surface area contributed by atoms with Crippen LogP contribution in [-0.4, -0.2) is 19.8 Å². The molecule has 0 saturated carbocycles. The fourth-order valence-electron chi connectivity index (χ4n) is 0.912. The van der Waals surface area contributed by atoms with Gasteiger partial charge < -0.3 is 4.43 Å². The summed E-state index contributed by atoms with van der Waals surface area (Å²) in [6, 6.07) is 0. The van der Waals surface area contributed by atoms with E-state index < -0.39 is 8.32 Å². The summed E-state index contributed by atoms with van der Waals surface area (Å²) in [6.07, 6.45) is 2.42. The molecule has 0 amide bonds. The highest BCUT2D eigenvalue weighted by Crippen LogP contribution is 2.36. The van der Waals surface area contributed by atoms with Crippen LogP contribution in [0.5, 0.6) is 0 Å². The second-order valence-electron chi connectivity index (χ2n) is 5.46. The number of alkyl halides is 1. The molecule has 0 aromatic heterocycles. The van der Waals surface area contributed by atoms with E-state index in [0.717, 1.165) is 6.61 Å². The maximum absolute atomic E-state index is 6.10. The minimum atomic E-state index is -1.53. The van der Waals surface area contributed by atoms with Gasteiger partial charge in [0.05, 0.1) is 0 Å². The molecule has 0 aliphatic heterocycles. The van der Waals surface area contributed by atoms with Gasteiger partial charge >= 0.3 is 0 Å². The Kier molecular flexibility index (Phi) is 5.93. The van der Waals surface area contributed by atoms with Crippen molar-refractivity contribution in [3.05, 3.63) is 0 Å². The van der Waals surface area contributed by atoms with E-state index in [1.807, 2.05) is 0 Å². The number of hydrogen-bond donors (Lipinski definition) is 0. The molecule has 0 aromatic rings. The van der Waals surface area contributed by atoms with E-state index in [4.69, 9.17) is 4.43 Å². The van der Waals surface area contributed by atoms with Crippen LogP contribution in [0, 0.1) is 0 Å². The molecule has 0 spiro atoms. The molecule has 0 aromatic carbocycles. The van der Waals surface area contributed by atoms with Crippen molar-refractivity contribution in [3.8, 4) is 0 Å². The van der Waals surface area contributed by atoms with E-state index in [1.54, 1.807) is 0 Å². The maximum Gasteiger partial charge on any atom is 0.192 e. The summed E-state index contributed by atoms with van der Waals surface area (Å²) in [5, 5.41) is 0.325. The zero-order valence-electron chi connectivity index (χ0n) is 10.5. The third kappa shape index (κ3) is 4.94. The van der Waals surface area contributed by atoms with Crippen molar-refractivity contribution in [1.82, 2.24) is 0 Å².